The first-order chi connectivity index (χ1) is 9.08. The third-order valence-electron chi connectivity index (χ3n) is 3.97. The number of amides is 1. The van der Waals surface area contributed by atoms with E-state index >= 15 is 0 Å². The van der Waals surface area contributed by atoms with Gasteiger partial charge in [0.2, 0.25) is 5.91 Å². The van der Waals surface area contributed by atoms with E-state index in [0.29, 0.717) is 5.92 Å². The molecule has 1 amide bonds. The molecular weight excluding hydrogens is 238 g/mol. The molecule has 104 valence electrons. The van der Waals surface area contributed by atoms with Crippen LogP contribution in [0.25, 0.3) is 0 Å². The van der Waals surface area contributed by atoms with E-state index in [2.05, 4.69) is 17.1 Å². The number of hydrogen-bond acceptors (Lipinski definition) is 3. The number of nitrogens with one attached hydrogen (secondary N) is 1. The van der Waals surface area contributed by atoms with Crippen LogP contribution >= 0.6 is 0 Å². The molecule has 1 saturated heterocycles. The first kappa shape index (κ1) is 14.0. The normalized spacial score (nSPS) is 25.8. The Bertz CT molecular complexity index is 421. The van der Waals surface area contributed by atoms with Gasteiger partial charge in [0.05, 0.1) is 6.04 Å². The summed E-state index contributed by atoms with van der Waals surface area (Å²) in [5.74, 6) is 0.495. The van der Waals surface area contributed by atoms with Crippen LogP contribution in [0.3, 0.4) is 0 Å². The summed E-state index contributed by atoms with van der Waals surface area (Å²) >= 11 is 0. The summed E-state index contributed by atoms with van der Waals surface area (Å²) in [6.45, 7) is 5.90. The maximum atomic E-state index is 12.2. The number of nitrogens with zero attached hydrogens (tertiary/aromatic N) is 1. The fourth-order valence-corrected chi connectivity index (χ4v) is 2.48. The van der Waals surface area contributed by atoms with Crippen molar-refractivity contribution in [1.29, 1.82) is 0 Å². The van der Waals surface area contributed by atoms with Crippen LogP contribution in [0.1, 0.15) is 20.3 Å². The largest absolute Gasteiger partial charge is 0.327 e. The van der Waals surface area contributed by atoms with E-state index in [1.807, 2.05) is 37.3 Å². The Morgan fingerprint density at radius 3 is 2.74 bits per heavy atom. The lowest BCUT2D eigenvalue weighted by Crippen LogP contribution is -2.52. The van der Waals surface area contributed by atoms with Gasteiger partial charge in [-0.15, -0.1) is 0 Å². The van der Waals surface area contributed by atoms with Gasteiger partial charge in [0.25, 0.3) is 0 Å². The number of carbonyl (C=O) groups is 1. The SMILES string of the molecule is CC1CN(C(C)C(=O)Nc2ccccc2)CCC1N. The second kappa shape index (κ2) is 6.17. The zero-order valence-corrected chi connectivity index (χ0v) is 11.7. The monoisotopic (exact) mass is 261 g/mol. The van der Waals surface area contributed by atoms with Gasteiger partial charge in [-0.3, -0.25) is 9.69 Å². The average Bonchev–Trinajstić information content (AvgIpc) is 2.42. The van der Waals surface area contributed by atoms with E-state index in [-0.39, 0.29) is 18.0 Å². The molecule has 1 aliphatic rings. The Kier molecular flexibility index (Phi) is 4.56. The van der Waals surface area contributed by atoms with Crippen LogP contribution in [0.2, 0.25) is 0 Å². The molecule has 0 saturated carbocycles. The highest BCUT2D eigenvalue weighted by Gasteiger charge is 2.29. The standard InChI is InChI=1S/C15H23N3O/c1-11-10-18(9-8-14(11)16)12(2)15(19)17-13-6-4-3-5-7-13/h3-7,11-12,14H,8-10,16H2,1-2H3,(H,17,19). The highest BCUT2D eigenvalue weighted by molar-refractivity contribution is 5.94. The fraction of sp³-hybridized carbons (Fsp3) is 0.533. The maximum Gasteiger partial charge on any atom is 0.241 e. The molecule has 4 nitrogen and oxygen atoms in total. The molecule has 0 spiro atoms. The van der Waals surface area contributed by atoms with E-state index in [4.69, 9.17) is 5.73 Å². The average molecular weight is 261 g/mol. The van der Waals surface area contributed by atoms with Crippen LogP contribution in [0.15, 0.2) is 30.3 Å². The van der Waals surface area contributed by atoms with Gasteiger partial charge in [-0.1, -0.05) is 25.1 Å². The smallest absolute Gasteiger partial charge is 0.241 e. The molecule has 1 aliphatic heterocycles. The summed E-state index contributed by atoms with van der Waals surface area (Å²) in [7, 11) is 0. The molecule has 19 heavy (non-hydrogen) atoms. The fourth-order valence-electron chi connectivity index (χ4n) is 2.48. The van der Waals surface area contributed by atoms with E-state index in [1.54, 1.807) is 0 Å². The molecule has 2 rings (SSSR count). The number of rotatable bonds is 3. The lowest BCUT2D eigenvalue weighted by molar-refractivity contribution is -0.121. The van der Waals surface area contributed by atoms with Crippen molar-refractivity contribution in [2.24, 2.45) is 11.7 Å². The molecule has 1 aromatic rings. The van der Waals surface area contributed by atoms with Gasteiger partial charge in [-0.2, -0.15) is 0 Å². The lowest BCUT2D eigenvalue weighted by atomic mass is 9.94. The number of carbonyl (C=O) groups excluding carboxylic acids is 1. The van der Waals surface area contributed by atoms with Crippen molar-refractivity contribution in [3.63, 3.8) is 0 Å². The molecule has 0 bridgehead atoms. The van der Waals surface area contributed by atoms with Crippen molar-refractivity contribution in [1.82, 2.24) is 4.90 Å². The van der Waals surface area contributed by atoms with Crippen molar-refractivity contribution >= 4 is 11.6 Å². The van der Waals surface area contributed by atoms with Crippen LogP contribution < -0.4 is 11.1 Å². The first-order valence-electron chi connectivity index (χ1n) is 6.93. The van der Waals surface area contributed by atoms with Gasteiger partial charge in [-0.25, -0.2) is 0 Å². The first-order valence-corrected chi connectivity index (χ1v) is 6.93. The highest BCUT2D eigenvalue weighted by atomic mass is 16.2. The van der Waals surface area contributed by atoms with Crippen molar-refractivity contribution in [2.75, 3.05) is 18.4 Å². The summed E-state index contributed by atoms with van der Waals surface area (Å²) in [5, 5.41) is 2.95. The Morgan fingerprint density at radius 1 is 1.42 bits per heavy atom. The van der Waals surface area contributed by atoms with Gasteiger partial charge >= 0.3 is 0 Å². The minimum Gasteiger partial charge on any atom is -0.327 e. The Balaban J connectivity index is 1.92. The van der Waals surface area contributed by atoms with Crippen LogP contribution in [0.4, 0.5) is 5.69 Å². The van der Waals surface area contributed by atoms with E-state index < -0.39 is 0 Å². The van der Waals surface area contributed by atoms with E-state index in [0.717, 1.165) is 25.2 Å². The Hall–Kier alpha value is -1.39. The van der Waals surface area contributed by atoms with E-state index in [1.165, 1.54) is 0 Å². The summed E-state index contributed by atoms with van der Waals surface area (Å²) in [4.78, 5) is 14.4. The Morgan fingerprint density at radius 2 is 2.11 bits per heavy atom. The predicted molar refractivity (Wildman–Crippen MR) is 77.9 cm³/mol. The third kappa shape index (κ3) is 3.55. The quantitative estimate of drug-likeness (QED) is 0.870. The zero-order chi connectivity index (χ0) is 13.8. The zero-order valence-electron chi connectivity index (χ0n) is 11.7. The number of piperidine rings is 1. The number of anilines is 1. The summed E-state index contributed by atoms with van der Waals surface area (Å²) in [5.41, 5.74) is 6.86. The third-order valence-corrected chi connectivity index (χ3v) is 3.97. The van der Waals surface area contributed by atoms with Crippen molar-refractivity contribution in [3.05, 3.63) is 30.3 Å². The molecule has 3 N–H and O–H groups in total. The Labute approximate surface area is 115 Å². The van der Waals surface area contributed by atoms with Crippen LogP contribution in [-0.2, 0) is 4.79 Å². The molecule has 1 fully saturated rings. The molecular formula is C15H23N3O. The van der Waals surface area contributed by atoms with Crippen LogP contribution in [0.5, 0.6) is 0 Å². The molecule has 4 heteroatoms. The predicted octanol–water partition coefficient (Wildman–Crippen LogP) is 1.68. The molecule has 3 unspecified atom stereocenters. The summed E-state index contributed by atoms with van der Waals surface area (Å²) in [6.07, 6.45) is 0.962. The minimum atomic E-state index is -0.116. The van der Waals surface area contributed by atoms with Crippen molar-refractivity contribution in [2.45, 2.75) is 32.4 Å². The van der Waals surface area contributed by atoms with Gasteiger partial charge in [-0.05, 0) is 31.4 Å². The summed E-state index contributed by atoms with van der Waals surface area (Å²) < 4.78 is 0. The number of para-hydroxylation sites is 1. The van der Waals surface area contributed by atoms with Crippen LogP contribution in [-0.4, -0.2) is 36.0 Å². The van der Waals surface area contributed by atoms with Crippen molar-refractivity contribution < 1.29 is 4.79 Å². The van der Waals surface area contributed by atoms with Gasteiger partial charge in [0.1, 0.15) is 0 Å². The van der Waals surface area contributed by atoms with Crippen molar-refractivity contribution in [3.8, 4) is 0 Å². The number of nitrogens with two attached hydrogens (primary N) is 1. The molecule has 0 aromatic heterocycles. The van der Waals surface area contributed by atoms with Gasteiger partial charge < -0.3 is 11.1 Å². The van der Waals surface area contributed by atoms with Gasteiger partial charge in [0.15, 0.2) is 0 Å². The number of likely N-dealkylation sites (tertiary alicyclic amines) is 1. The van der Waals surface area contributed by atoms with Gasteiger partial charge in [0, 0.05) is 24.8 Å². The number of hydrogen-bond donors (Lipinski definition) is 2. The number of benzene rings is 1. The lowest BCUT2D eigenvalue weighted by Gasteiger charge is -2.38. The molecule has 1 aromatic carbocycles. The molecule has 1 heterocycles. The minimum absolute atomic E-state index is 0.0499. The maximum absolute atomic E-state index is 12.2. The molecule has 0 aliphatic carbocycles. The van der Waals surface area contributed by atoms with E-state index in [9.17, 15) is 4.79 Å². The second-order valence-corrected chi connectivity index (χ2v) is 5.46. The molecule has 3 atom stereocenters. The topological polar surface area (TPSA) is 58.4 Å². The molecule has 0 radical (unpaired) electrons. The van der Waals surface area contributed by atoms with Crippen LogP contribution in [0, 0.1) is 5.92 Å². The highest BCUT2D eigenvalue weighted by Crippen LogP contribution is 2.18. The second-order valence-electron chi connectivity index (χ2n) is 5.46. The summed E-state index contributed by atoms with van der Waals surface area (Å²) in [6, 6.07) is 9.73.